The summed E-state index contributed by atoms with van der Waals surface area (Å²) in [5.74, 6) is 0.405. The van der Waals surface area contributed by atoms with E-state index in [4.69, 9.17) is 9.47 Å². The third-order valence-corrected chi connectivity index (χ3v) is 6.17. The number of rotatable bonds is 8. The number of hydrazine groups is 1. The van der Waals surface area contributed by atoms with Crippen molar-refractivity contribution in [1.29, 1.82) is 0 Å². The highest BCUT2D eigenvalue weighted by Crippen LogP contribution is 2.31. The lowest BCUT2D eigenvalue weighted by molar-refractivity contribution is -0.125. The highest BCUT2D eigenvalue weighted by Gasteiger charge is 2.35. The fourth-order valence-electron chi connectivity index (χ4n) is 3.70. The van der Waals surface area contributed by atoms with E-state index in [1.165, 1.54) is 0 Å². The van der Waals surface area contributed by atoms with E-state index in [0.717, 1.165) is 21.3 Å². The molecule has 7 nitrogen and oxygen atoms in total. The first kappa shape index (κ1) is 23.6. The molecule has 1 heterocycles. The molecule has 0 unspecified atom stereocenters. The van der Waals surface area contributed by atoms with Gasteiger partial charge in [-0.25, -0.2) is 0 Å². The number of nitrogens with zero attached hydrogens (tertiary/aromatic N) is 1. The van der Waals surface area contributed by atoms with E-state index >= 15 is 0 Å². The summed E-state index contributed by atoms with van der Waals surface area (Å²) in [6.45, 7) is 2.75. The Hall–Kier alpha value is -3.52. The number of halogens is 1. The van der Waals surface area contributed by atoms with Crippen LogP contribution in [-0.4, -0.2) is 25.5 Å². The fraction of sp³-hybridized carbons (Fsp3) is 0.231. The SMILES string of the molecule is COc1cc(NNC(=O)[C@@H]2CC(=O)N(c3ccc(C)cc3)C2)ccc1OCc1ccc(Br)cc1. The van der Waals surface area contributed by atoms with Gasteiger partial charge in [-0.3, -0.25) is 20.4 Å². The molecule has 0 saturated carbocycles. The molecule has 2 N–H and O–H groups in total. The molecule has 0 aliphatic carbocycles. The molecule has 0 aromatic heterocycles. The number of aryl methyl sites for hydroxylation is 1. The molecular formula is C26H26BrN3O4. The van der Waals surface area contributed by atoms with Gasteiger partial charge in [-0.05, 0) is 48.9 Å². The maximum absolute atomic E-state index is 12.7. The molecule has 34 heavy (non-hydrogen) atoms. The lowest BCUT2D eigenvalue weighted by Crippen LogP contribution is -2.36. The van der Waals surface area contributed by atoms with Gasteiger partial charge in [0.25, 0.3) is 0 Å². The second-order valence-electron chi connectivity index (χ2n) is 8.14. The Bertz CT molecular complexity index is 1170. The summed E-state index contributed by atoms with van der Waals surface area (Å²) in [6.07, 6.45) is 0.174. The van der Waals surface area contributed by atoms with Crippen LogP contribution in [0.2, 0.25) is 0 Å². The monoisotopic (exact) mass is 523 g/mol. The number of nitrogens with one attached hydrogen (secondary N) is 2. The summed E-state index contributed by atoms with van der Waals surface area (Å²) in [6, 6.07) is 20.9. The Morgan fingerprint density at radius 3 is 2.50 bits per heavy atom. The quantitative estimate of drug-likeness (QED) is 0.413. The molecule has 1 aliphatic heterocycles. The summed E-state index contributed by atoms with van der Waals surface area (Å²) in [5, 5.41) is 0. The van der Waals surface area contributed by atoms with E-state index in [2.05, 4.69) is 26.8 Å². The molecule has 0 bridgehead atoms. The summed E-state index contributed by atoms with van der Waals surface area (Å²) >= 11 is 3.42. The lowest BCUT2D eigenvalue weighted by Gasteiger charge is -2.17. The number of carbonyl (C=O) groups is 2. The van der Waals surface area contributed by atoms with Gasteiger partial charge in [0.2, 0.25) is 11.8 Å². The smallest absolute Gasteiger partial charge is 0.243 e. The number of ether oxygens (including phenoxy) is 2. The molecule has 2 amide bonds. The number of hydrogen-bond acceptors (Lipinski definition) is 5. The van der Waals surface area contributed by atoms with E-state index in [0.29, 0.717) is 30.3 Å². The van der Waals surface area contributed by atoms with Gasteiger partial charge in [-0.2, -0.15) is 0 Å². The normalized spacial score (nSPS) is 15.2. The standard InChI is InChI=1S/C26H26BrN3O4/c1-17-3-10-22(11-4-17)30-15-19(13-25(30)31)26(32)29-28-21-9-12-23(24(14-21)33-2)34-16-18-5-7-20(27)8-6-18/h3-12,14,19,28H,13,15-16H2,1-2H3,(H,29,32)/t19-/m1/s1. The zero-order valence-corrected chi connectivity index (χ0v) is 20.6. The van der Waals surface area contributed by atoms with E-state index < -0.39 is 5.92 Å². The molecular weight excluding hydrogens is 498 g/mol. The average Bonchev–Trinajstić information content (AvgIpc) is 3.24. The number of anilines is 2. The van der Waals surface area contributed by atoms with Crippen LogP contribution in [0.25, 0.3) is 0 Å². The van der Waals surface area contributed by atoms with Crippen molar-refractivity contribution in [3.63, 3.8) is 0 Å². The van der Waals surface area contributed by atoms with Gasteiger partial charge in [0.1, 0.15) is 6.61 Å². The minimum atomic E-state index is -0.434. The molecule has 1 saturated heterocycles. The highest BCUT2D eigenvalue weighted by molar-refractivity contribution is 9.10. The van der Waals surface area contributed by atoms with Gasteiger partial charge in [-0.1, -0.05) is 45.8 Å². The van der Waals surface area contributed by atoms with Gasteiger partial charge in [0.05, 0.1) is 18.7 Å². The van der Waals surface area contributed by atoms with Crippen molar-refractivity contribution >= 4 is 39.1 Å². The van der Waals surface area contributed by atoms with Gasteiger partial charge in [0.15, 0.2) is 11.5 Å². The van der Waals surface area contributed by atoms with Gasteiger partial charge in [0, 0.05) is 29.2 Å². The van der Waals surface area contributed by atoms with Crippen molar-refractivity contribution in [3.8, 4) is 11.5 Å². The Balaban J connectivity index is 1.33. The van der Waals surface area contributed by atoms with E-state index in [-0.39, 0.29) is 18.2 Å². The van der Waals surface area contributed by atoms with Crippen LogP contribution >= 0.6 is 15.9 Å². The maximum atomic E-state index is 12.7. The molecule has 0 spiro atoms. The summed E-state index contributed by atoms with van der Waals surface area (Å²) < 4.78 is 12.3. The molecule has 1 atom stereocenters. The van der Waals surface area contributed by atoms with Gasteiger partial charge in [-0.15, -0.1) is 0 Å². The number of hydrogen-bond donors (Lipinski definition) is 2. The third kappa shape index (κ3) is 5.69. The van der Waals surface area contributed by atoms with E-state index in [1.54, 1.807) is 30.2 Å². The van der Waals surface area contributed by atoms with E-state index in [1.807, 2.05) is 55.5 Å². The van der Waals surface area contributed by atoms with Crippen molar-refractivity contribution in [2.24, 2.45) is 5.92 Å². The van der Waals surface area contributed by atoms with Crippen LogP contribution in [-0.2, 0) is 16.2 Å². The first-order valence-electron chi connectivity index (χ1n) is 10.9. The molecule has 0 radical (unpaired) electrons. The van der Waals surface area contributed by atoms with Crippen LogP contribution < -0.4 is 25.2 Å². The fourth-order valence-corrected chi connectivity index (χ4v) is 3.96. The highest BCUT2D eigenvalue weighted by atomic mass is 79.9. The molecule has 8 heteroatoms. The second kappa shape index (κ2) is 10.6. The lowest BCUT2D eigenvalue weighted by atomic mass is 10.1. The van der Waals surface area contributed by atoms with Crippen LogP contribution in [0.15, 0.2) is 71.2 Å². The Morgan fingerprint density at radius 1 is 1.06 bits per heavy atom. The zero-order valence-electron chi connectivity index (χ0n) is 19.0. The van der Waals surface area contributed by atoms with Crippen LogP contribution in [0.3, 0.4) is 0 Å². The predicted molar refractivity (Wildman–Crippen MR) is 135 cm³/mol. The van der Waals surface area contributed by atoms with Crippen molar-refractivity contribution in [3.05, 3.63) is 82.3 Å². The molecule has 3 aromatic carbocycles. The third-order valence-electron chi connectivity index (χ3n) is 5.64. The Labute approximate surface area is 207 Å². The Kier molecular flexibility index (Phi) is 7.37. The summed E-state index contributed by atoms with van der Waals surface area (Å²) in [4.78, 5) is 26.8. The van der Waals surface area contributed by atoms with Gasteiger partial charge >= 0.3 is 0 Å². The largest absolute Gasteiger partial charge is 0.493 e. The number of methoxy groups -OCH3 is 1. The summed E-state index contributed by atoms with van der Waals surface area (Å²) in [5.41, 5.74) is 9.22. The zero-order chi connectivity index (χ0) is 24.1. The van der Waals surface area contributed by atoms with Crippen molar-refractivity contribution in [2.45, 2.75) is 20.0 Å². The first-order chi connectivity index (χ1) is 16.4. The summed E-state index contributed by atoms with van der Waals surface area (Å²) in [7, 11) is 1.56. The number of benzene rings is 3. The molecule has 1 fully saturated rings. The van der Waals surface area contributed by atoms with Crippen molar-refractivity contribution in [1.82, 2.24) is 5.43 Å². The Morgan fingerprint density at radius 2 is 1.79 bits per heavy atom. The van der Waals surface area contributed by atoms with Crippen LogP contribution in [0, 0.1) is 12.8 Å². The number of carbonyl (C=O) groups excluding carboxylic acids is 2. The maximum Gasteiger partial charge on any atom is 0.243 e. The molecule has 1 aliphatic rings. The number of amides is 2. The topological polar surface area (TPSA) is 79.9 Å². The first-order valence-corrected chi connectivity index (χ1v) is 11.7. The minimum Gasteiger partial charge on any atom is -0.493 e. The predicted octanol–water partition coefficient (Wildman–Crippen LogP) is 4.84. The second-order valence-corrected chi connectivity index (χ2v) is 9.05. The molecule has 3 aromatic rings. The van der Waals surface area contributed by atoms with Crippen molar-refractivity contribution < 1.29 is 19.1 Å². The van der Waals surface area contributed by atoms with E-state index in [9.17, 15) is 9.59 Å². The van der Waals surface area contributed by atoms with Crippen LogP contribution in [0.5, 0.6) is 11.5 Å². The van der Waals surface area contributed by atoms with Gasteiger partial charge < -0.3 is 14.4 Å². The van der Waals surface area contributed by atoms with Crippen molar-refractivity contribution in [2.75, 3.05) is 24.0 Å². The molecule has 176 valence electrons. The van der Waals surface area contributed by atoms with Crippen LogP contribution in [0.4, 0.5) is 11.4 Å². The van der Waals surface area contributed by atoms with Crippen LogP contribution in [0.1, 0.15) is 17.5 Å². The average molecular weight is 524 g/mol. The molecule has 4 rings (SSSR count). The minimum absolute atomic E-state index is 0.0575.